The van der Waals surface area contributed by atoms with Gasteiger partial charge in [-0.15, -0.1) is 0 Å². The first-order chi connectivity index (χ1) is 10.9. The van der Waals surface area contributed by atoms with Crippen LogP contribution in [0.15, 0.2) is 31.0 Å². The summed E-state index contributed by atoms with van der Waals surface area (Å²) in [5.41, 5.74) is 1.01. The Hall–Kier alpha value is -2.57. The summed E-state index contributed by atoms with van der Waals surface area (Å²) < 4.78 is 5.30. The largest absolute Gasteiger partial charge is 0.444 e. The summed E-state index contributed by atoms with van der Waals surface area (Å²) in [5, 5.41) is 2.84. The van der Waals surface area contributed by atoms with Gasteiger partial charge in [0, 0.05) is 11.8 Å². The molecule has 0 spiro atoms. The van der Waals surface area contributed by atoms with E-state index in [1.807, 2.05) is 39.8 Å². The van der Waals surface area contributed by atoms with Crippen LogP contribution in [0, 0.1) is 0 Å². The Kier molecular flexibility index (Phi) is 5.20. The zero-order chi connectivity index (χ0) is 16.9. The van der Waals surface area contributed by atoms with Crippen molar-refractivity contribution in [2.45, 2.75) is 45.8 Å². The van der Waals surface area contributed by atoms with Crippen molar-refractivity contribution in [3.63, 3.8) is 0 Å². The molecule has 2 aromatic heterocycles. The lowest BCUT2D eigenvalue weighted by molar-refractivity contribution is 0.0501. The normalized spacial score (nSPS) is 12.5. The third-order valence-electron chi connectivity index (χ3n) is 2.99. The van der Waals surface area contributed by atoms with Gasteiger partial charge in [-0.1, -0.05) is 6.92 Å². The van der Waals surface area contributed by atoms with Crippen molar-refractivity contribution in [2.75, 3.05) is 0 Å². The van der Waals surface area contributed by atoms with Crippen molar-refractivity contribution in [1.82, 2.24) is 25.3 Å². The molecule has 122 valence electrons. The predicted octanol–water partition coefficient (Wildman–Crippen LogP) is 2.91. The Morgan fingerprint density at radius 1 is 1.26 bits per heavy atom. The number of amides is 1. The topological polar surface area (TPSA) is 89.9 Å². The third kappa shape index (κ3) is 4.98. The lowest BCUT2D eigenvalue weighted by Gasteiger charge is -2.23. The van der Waals surface area contributed by atoms with E-state index in [9.17, 15) is 4.79 Å². The molecular weight excluding hydrogens is 294 g/mol. The summed E-state index contributed by atoms with van der Waals surface area (Å²) in [6.45, 7) is 7.45. The van der Waals surface area contributed by atoms with Gasteiger partial charge >= 0.3 is 6.09 Å². The van der Waals surface area contributed by atoms with Crippen LogP contribution >= 0.6 is 0 Å². The smallest absolute Gasteiger partial charge is 0.408 e. The highest BCUT2D eigenvalue weighted by molar-refractivity contribution is 5.68. The van der Waals surface area contributed by atoms with Gasteiger partial charge in [-0.05, 0) is 39.3 Å². The number of alkyl carbamates (subject to hydrolysis) is 1. The zero-order valence-electron chi connectivity index (χ0n) is 13.8. The monoisotopic (exact) mass is 315 g/mol. The highest BCUT2D eigenvalue weighted by atomic mass is 16.6. The summed E-state index contributed by atoms with van der Waals surface area (Å²) in [6.07, 6.45) is 4.79. The first-order valence-corrected chi connectivity index (χ1v) is 7.47. The van der Waals surface area contributed by atoms with Crippen LogP contribution in [0.1, 0.15) is 45.9 Å². The van der Waals surface area contributed by atoms with E-state index in [4.69, 9.17) is 4.74 Å². The summed E-state index contributed by atoms with van der Waals surface area (Å²) >= 11 is 0. The molecule has 0 radical (unpaired) electrons. The van der Waals surface area contributed by atoms with Gasteiger partial charge < -0.3 is 10.1 Å². The van der Waals surface area contributed by atoms with Crippen molar-refractivity contribution >= 4 is 6.09 Å². The van der Waals surface area contributed by atoms with Gasteiger partial charge in [0.1, 0.15) is 18.3 Å². The number of hydrogen-bond donors (Lipinski definition) is 1. The summed E-state index contributed by atoms with van der Waals surface area (Å²) in [4.78, 5) is 28.4. The Bertz CT molecular complexity index is 655. The number of carbonyl (C=O) groups excluding carboxylic acids is 1. The van der Waals surface area contributed by atoms with Gasteiger partial charge in [-0.3, -0.25) is 4.98 Å². The van der Waals surface area contributed by atoms with E-state index in [1.54, 1.807) is 6.20 Å². The maximum absolute atomic E-state index is 12.0. The van der Waals surface area contributed by atoms with Gasteiger partial charge in [0.05, 0.1) is 11.7 Å². The minimum absolute atomic E-state index is 0.244. The maximum Gasteiger partial charge on any atom is 0.408 e. The van der Waals surface area contributed by atoms with E-state index in [2.05, 4.69) is 25.3 Å². The van der Waals surface area contributed by atoms with E-state index < -0.39 is 11.7 Å². The predicted molar refractivity (Wildman–Crippen MR) is 85.5 cm³/mol. The second-order valence-electron chi connectivity index (χ2n) is 6.04. The highest BCUT2D eigenvalue weighted by Gasteiger charge is 2.20. The minimum atomic E-state index is -0.539. The third-order valence-corrected chi connectivity index (χ3v) is 2.99. The number of ether oxygens (including phenoxy) is 1. The van der Waals surface area contributed by atoms with Crippen LogP contribution < -0.4 is 5.32 Å². The average Bonchev–Trinajstić information content (AvgIpc) is 2.52. The van der Waals surface area contributed by atoms with E-state index in [-0.39, 0.29) is 6.04 Å². The molecule has 0 aliphatic rings. The van der Waals surface area contributed by atoms with Crippen LogP contribution in [0.2, 0.25) is 0 Å². The Balaban J connectivity index is 2.17. The Morgan fingerprint density at radius 3 is 2.57 bits per heavy atom. The van der Waals surface area contributed by atoms with Gasteiger partial charge in [-0.25, -0.2) is 19.7 Å². The molecule has 1 amide bonds. The summed E-state index contributed by atoms with van der Waals surface area (Å²) in [5.74, 6) is 0.566. The SMILES string of the molecule is CCC(NC(=O)OC(C)(C)C)c1cc(-c2ncncn2)ccn1. The van der Waals surface area contributed by atoms with Crippen molar-refractivity contribution in [3.8, 4) is 11.4 Å². The van der Waals surface area contributed by atoms with Gasteiger partial charge in [-0.2, -0.15) is 0 Å². The molecule has 0 saturated heterocycles. The van der Waals surface area contributed by atoms with E-state index in [1.165, 1.54) is 12.7 Å². The number of carbonyl (C=O) groups is 1. The number of pyridine rings is 1. The fourth-order valence-corrected chi connectivity index (χ4v) is 2.00. The molecule has 0 fully saturated rings. The highest BCUT2D eigenvalue weighted by Crippen LogP contribution is 2.20. The fraction of sp³-hybridized carbons (Fsp3) is 0.438. The lowest BCUT2D eigenvalue weighted by atomic mass is 10.1. The molecular formula is C16H21N5O2. The van der Waals surface area contributed by atoms with E-state index in [0.29, 0.717) is 12.2 Å². The molecule has 23 heavy (non-hydrogen) atoms. The molecule has 2 aromatic rings. The number of nitrogens with zero attached hydrogens (tertiary/aromatic N) is 4. The lowest BCUT2D eigenvalue weighted by Crippen LogP contribution is -2.35. The van der Waals surface area contributed by atoms with Crippen molar-refractivity contribution in [1.29, 1.82) is 0 Å². The quantitative estimate of drug-likeness (QED) is 0.933. The van der Waals surface area contributed by atoms with E-state index in [0.717, 1.165) is 11.3 Å². The standard InChI is InChI=1S/C16H21N5O2/c1-5-12(21-15(22)23-16(2,3)4)13-8-11(6-7-18-13)14-19-9-17-10-20-14/h6-10,12H,5H2,1-4H3,(H,21,22). The number of nitrogens with one attached hydrogen (secondary N) is 1. The fourth-order valence-electron chi connectivity index (χ4n) is 2.00. The Morgan fingerprint density at radius 2 is 1.96 bits per heavy atom. The molecule has 0 aromatic carbocycles. The first kappa shape index (κ1) is 16.8. The Labute approximate surface area is 135 Å². The summed E-state index contributed by atoms with van der Waals surface area (Å²) in [7, 11) is 0. The molecule has 1 N–H and O–H groups in total. The molecule has 1 unspecified atom stereocenters. The molecule has 7 heteroatoms. The van der Waals surface area contributed by atoms with Gasteiger partial charge in [0.25, 0.3) is 0 Å². The van der Waals surface area contributed by atoms with Crippen LogP contribution in [-0.4, -0.2) is 31.6 Å². The van der Waals surface area contributed by atoms with Gasteiger partial charge in [0.15, 0.2) is 5.82 Å². The molecule has 0 aliphatic carbocycles. The number of hydrogen-bond acceptors (Lipinski definition) is 6. The molecule has 0 aliphatic heterocycles. The summed E-state index contributed by atoms with van der Waals surface area (Å²) in [6, 6.07) is 3.44. The second kappa shape index (κ2) is 7.13. The molecule has 2 heterocycles. The molecule has 2 rings (SSSR count). The van der Waals surface area contributed by atoms with Crippen LogP contribution in [-0.2, 0) is 4.74 Å². The van der Waals surface area contributed by atoms with Gasteiger partial charge in [0.2, 0.25) is 0 Å². The second-order valence-corrected chi connectivity index (χ2v) is 6.04. The number of rotatable bonds is 4. The minimum Gasteiger partial charge on any atom is -0.444 e. The molecule has 1 atom stereocenters. The van der Waals surface area contributed by atoms with Crippen LogP contribution in [0.4, 0.5) is 4.79 Å². The molecule has 7 nitrogen and oxygen atoms in total. The molecule has 0 bridgehead atoms. The van der Waals surface area contributed by atoms with E-state index >= 15 is 0 Å². The molecule has 0 saturated carbocycles. The number of aromatic nitrogens is 4. The van der Waals surface area contributed by atoms with Crippen LogP contribution in [0.5, 0.6) is 0 Å². The van der Waals surface area contributed by atoms with Crippen LogP contribution in [0.3, 0.4) is 0 Å². The average molecular weight is 315 g/mol. The van der Waals surface area contributed by atoms with Crippen molar-refractivity contribution in [2.24, 2.45) is 0 Å². The van der Waals surface area contributed by atoms with Crippen molar-refractivity contribution in [3.05, 3.63) is 36.7 Å². The van der Waals surface area contributed by atoms with Crippen LogP contribution in [0.25, 0.3) is 11.4 Å². The maximum atomic E-state index is 12.0. The first-order valence-electron chi connectivity index (χ1n) is 7.47. The van der Waals surface area contributed by atoms with Crippen molar-refractivity contribution < 1.29 is 9.53 Å². The zero-order valence-corrected chi connectivity index (χ0v) is 13.8.